The number of nitrogens with zero attached hydrogens (tertiary/aromatic N) is 1. The fourth-order valence-corrected chi connectivity index (χ4v) is 3.42. The lowest BCUT2D eigenvalue weighted by molar-refractivity contribution is 0.566. The number of nitrogens with one attached hydrogen (secondary N) is 1. The van der Waals surface area contributed by atoms with Crippen LogP contribution < -0.4 is 10.9 Å². The van der Waals surface area contributed by atoms with Gasteiger partial charge in [-0.15, -0.1) is 0 Å². The first kappa shape index (κ1) is 16.3. The van der Waals surface area contributed by atoms with Gasteiger partial charge in [0.15, 0.2) is 5.58 Å². The molecule has 0 aliphatic rings. The zero-order chi connectivity index (χ0) is 19.1. The van der Waals surface area contributed by atoms with Crippen molar-refractivity contribution in [3.05, 3.63) is 89.0 Å². The highest BCUT2D eigenvalue weighted by molar-refractivity contribution is 6.10. The first-order valence-corrected chi connectivity index (χ1v) is 8.94. The summed E-state index contributed by atoms with van der Waals surface area (Å²) in [5.74, 6) is 0.487. The molecule has 28 heavy (non-hydrogen) atoms. The van der Waals surface area contributed by atoms with Crippen LogP contribution in [0.3, 0.4) is 0 Å². The molecule has 136 valence electrons. The van der Waals surface area contributed by atoms with Crippen molar-refractivity contribution in [2.75, 3.05) is 5.32 Å². The summed E-state index contributed by atoms with van der Waals surface area (Å²) in [7, 11) is 0. The predicted molar refractivity (Wildman–Crippen MR) is 110 cm³/mol. The zero-order valence-electron chi connectivity index (χ0n) is 15.1. The minimum atomic E-state index is -0.436. The molecule has 0 radical (unpaired) electrons. The molecule has 0 aliphatic carbocycles. The molecule has 0 fully saturated rings. The van der Waals surface area contributed by atoms with E-state index in [1.807, 2.05) is 61.5 Å². The standard InChI is InChI=1S/C23H16N2O3/c1-14-7-2-4-10-17(14)25-22-19(15-8-6-12-24-13-15)20-21(28-22)16-9-3-5-11-18(16)27-23(20)26/h2-13,25H,1H3. The van der Waals surface area contributed by atoms with E-state index in [4.69, 9.17) is 8.83 Å². The number of hydrogen-bond acceptors (Lipinski definition) is 5. The van der Waals surface area contributed by atoms with E-state index in [0.717, 1.165) is 22.2 Å². The summed E-state index contributed by atoms with van der Waals surface area (Å²) < 4.78 is 11.8. The molecule has 5 aromatic rings. The average molecular weight is 368 g/mol. The summed E-state index contributed by atoms with van der Waals surface area (Å²) in [6, 6.07) is 19.0. The van der Waals surface area contributed by atoms with Gasteiger partial charge in [-0.2, -0.15) is 0 Å². The Morgan fingerprint density at radius 2 is 1.75 bits per heavy atom. The molecule has 5 nitrogen and oxygen atoms in total. The molecule has 0 saturated carbocycles. The number of aryl methyl sites for hydroxylation is 1. The maximum absolute atomic E-state index is 12.8. The smallest absolute Gasteiger partial charge is 0.348 e. The molecule has 0 spiro atoms. The summed E-state index contributed by atoms with van der Waals surface area (Å²) in [6.45, 7) is 2.01. The van der Waals surface area contributed by atoms with E-state index in [9.17, 15) is 4.79 Å². The molecule has 5 heteroatoms. The lowest BCUT2D eigenvalue weighted by Crippen LogP contribution is -2.00. The molecule has 0 atom stereocenters. The second kappa shape index (κ2) is 6.39. The monoisotopic (exact) mass is 368 g/mol. The van der Waals surface area contributed by atoms with Gasteiger partial charge in [0.25, 0.3) is 0 Å². The van der Waals surface area contributed by atoms with Crippen LogP contribution in [-0.2, 0) is 0 Å². The minimum absolute atomic E-state index is 0.405. The highest BCUT2D eigenvalue weighted by Gasteiger charge is 2.23. The lowest BCUT2D eigenvalue weighted by atomic mass is 10.1. The van der Waals surface area contributed by atoms with E-state index in [-0.39, 0.29) is 0 Å². The highest BCUT2D eigenvalue weighted by atomic mass is 16.4. The third kappa shape index (κ3) is 2.56. The van der Waals surface area contributed by atoms with E-state index in [2.05, 4.69) is 10.3 Å². The molecule has 0 amide bonds. The number of para-hydroxylation sites is 2. The third-order valence-electron chi connectivity index (χ3n) is 4.79. The third-order valence-corrected chi connectivity index (χ3v) is 4.79. The van der Waals surface area contributed by atoms with Gasteiger partial charge in [0.05, 0.1) is 10.9 Å². The summed E-state index contributed by atoms with van der Waals surface area (Å²) in [6.07, 6.45) is 3.40. The van der Waals surface area contributed by atoms with Gasteiger partial charge in [-0.1, -0.05) is 36.4 Å². The summed E-state index contributed by atoms with van der Waals surface area (Å²) in [5, 5.41) is 4.50. The second-order valence-electron chi connectivity index (χ2n) is 6.58. The second-order valence-corrected chi connectivity index (χ2v) is 6.58. The van der Waals surface area contributed by atoms with Crippen LogP contribution in [0.25, 0.3) is 33.1 Å². The van der Waals surface area contributed by atoms with E-state index >= 15 is 0 Å². The number of aromatic nitrogens is 1. The first-order valence-electron chi connectivity index (χ1n) is 8.94. The summed E-state index contributed by atoms with van der Waals surface area (Å²) in [5.41, 5.74) is 3.95. The number of hydrogen-bond donors (Lipinski definition) is 1. The summed E-state index contributed by atoms with van der Waals surface area (Å²) >= 11 is 0. The normalized spacial score (nSPS) is 11.2. The molecule has 3 aromatic heterocycles. The van der Waals surface area contributed by atoms with Crippen molar-refractivity contribution >= 4 is 33.5 Å². The molecule has 0 bridgehead atoms. The van der Waals surface area contributed by atoms with Crippen molar-refractivity contribution in [1.29, 1.82) is 0 Å². The average Bonchev–Trinajstić information content (AvgIpc) is 3.10. The van der Waals surface area contributed by atoms with E-state index < -0.39 is 5.63 Å². The molecule has 2 aromatic carbocycles. The molecule has 3 heterocycles. The van der Waals surface area contributed by atoms with E-state index in [1.54, 1.807) is 18.5 Å². The number of furan rings is 1. The Morgan fingerprint density at radius 1 is 0.929 bits per heavy atom. The highest BCUT2D eigenvalue weighted by Crippen LogP contribution is 2.40. The Hall–Kier alpha value is -3.86. The van der Waals surface area contributed by atoms with Crippen LogP contribution in [0.4, 0.5) is 11.6 Å². The number of anilines is 2. The minimum Gasteiger partial charge on any atom is -0.439 e. The van der Waals surface area contributed by atoms with Crippen molar-refractivity contribution in [2.45, 2.75) is 6.92 Å². The largest absolute Gasteiger partial charge is 0.439 e. The number of benzene rings is 2. The summed E-state index contributed by atoms with van der Waals surface area (Å²) in [4.78, 5) is 17.0. The Labute approximate surface area is 160 Å². The number of rotatable bonds is 3. The molecule has 1 N–H and O–H groups in total. The molecular weight excluding hydrogens is 352 g/mol. The quantitative estimate of drug-likeness (QED) is 0.417. The van der Waals surface area contributed by atoms with Crippen molar-refractivity contribution in [3.63, 3.8) is 0 Å². The molecule has 0 saturated heterocycles. The van der Waals surface area contributed by atoms with Crippen LogP contribution in [0.15, 0.2) is 86.7 Å². The van der Waals surface area contributed by atoms with Crippen molar-refractivity contribution in [1.82, 2.24) is 4.98 Å². The van der Waals surface area contributed by atoms with Crippen LogP contribution >= 0.6 is 0 Å². The molecule has 0 unspecified atom stereocenters. The Balaban J connectivity index is 1.86. The Bertz CT molecular complexity index is 1370. The van der Waals surface area contributed by atoms with Crippen LogP contribution in [-0.4, -0.2) is 4.98 Å². The van der Waals surface area contributed by atoms with E-state index in [0.29, 0.717) is 28.0 Å². The zero-order valence-corrected chi connectivity index (χ0v) is 15.1. The van der Waals surface area contributed by atoms with Crippen molar-refractivity contribution < 1.29 is 8.83 Å². The maximum atomic E-state index is 12.8. The number of pyridine rings is 1. The molecule has 5 rings (SSSR count). The van der Waals surface area contributed by atoms with Gasteiger partial charge in [0.1, 0.15) is 11.0 Å². The van der Waals surface area contributed by atoms with Crippen molar-refractivity contribution in [3.8, 4) is 11.1 Å². The lowest BCUT2D eigenvalue weighted by Gasteiger charge is -2.08. The molecular formula is C23H16N2O3. The fraction of sp³-hybridized carbons (Fsp3) is 0.0435. The van der Waals surface area contributed by atoms with Crippen LogP contribution in [0, 0.1) is 6.92 Å². The topological polar surface area (TPSA) is 68.3 Å². The maximum Gasteiger partial charge on any atom is 0.348 e. The van der Waals surface area contributed by atoms with Gasteiger partial charge in [-0.3, -0.25) is 4.98 Å². The Kier molecular flexibility index (Phi) is 3.72. The number of fused-ring (bicyclic) bond motifs is 3. The van der Waals surface area contributed by atoms with E-state index in [1.165, 1.54) is 0 Å². The van der Waals surface area contributed by atoms with Gasteiger partial charge in [-0.25, -0.2) is 4.79 Å². The predicted octanol–water partition coefficient (Wildman–Crippen LogP) is 5.65. The first-order chi connectivity index (χ1) is 13.7. The van der Waals surface area contributed by atoms with Gasteiger partial charge in [0, 0.05) is 23.6 Å². The van der Waals surface area contributed by atoms with Crippen LogP contribution in [0.2, 0.25) is 0 Å². The SMILES string of the molecule is Cc1ccccc1Nc1oc2c(c1-c1cccnc1)c(=O)oc1ccccc12. The van der Waals surface area contributed by atoms with Gasteiger partial charge in [0.2, 0.25) is 5.88 Å². The van der Waals surface area contributed by atoms with Gasteiger partial charge in [-0.05, 0) is 36.8 Å². The molecule has 0 aliphatic heterocycles. The van der Waals surface area contributed by atoms with Crippen LogP contribution in [0.1, 0.15) is 5.56 Å². The Morgan fingerprint density at radius 3 is 2.57 bits per heavy atom. The van der Waals surface area contributed by atoms with Gasteiger partial charge < -0.3 is 14.2 Å². The van der Waals surface area contributed by atoms with Crippen molar-refractivity contribution in [2.24, 2.45) is 0 Å². The van der Waals surface area contributed by atoms with Crippen LogP contribution in [0.5, 0.6) is 0 Å². The van der Waals surface area contributed by atoms with Gasteiger partial charge >= 0.3 is 5.63 Å². The fourth-order valence-electron chi connectivity index (χ4n) is 3.42.